The fourth-order valence-corrected chi connectivity index (χ4v) is 1.55. The number of nitrogen functional groups attached to an aromatic ring is 1. The highest BCUT2D eigenvalue weighted by molar-refractivity contribution is 9.10. The summed E-state index contributed by atoms with van der Waals surface area (Å²) in [5, 5.41) is 30.3. The minimum absolute atomic E-state index is 0.397. The summed E-state index contributed by atoms with van der Waals surface area (Å²) in [5.74, 6) is 0. The molecule has 0 amide bonds. The Labute approximate surface area is 102 Å². The summed E-state index contributed by atoms with van der Waals surface area (Å²) in [6.45, 7) is -1.19. The van der Waals surface area contributed by atoms with Crippen LogP contribution < -0.4 is 11.1 Å². The maximum absolute atomic E-state index is 9.16. The molecule has 6 heteroatoms. The lowest BCUT2D eigenvalue weighted by Gasteiger charge is -2.30. The predicted octanol–water partition coefficient (Wildman–Crippen LogP) is 0.159. The van der Waals surface area contributed by atoms with Gasteiger partial charge in [0.15, 0.2) is 0 Å². The zero-order valence-electron chi connectivity index (χ0n) is 8.65. The van der Waals surface area contributed by atoms with Gasteiger partial charge in [0.2, 0.25) is 0 Å². The molecule has 90 valence electrons. The standard InChI is InChI=1S/C10H15BrN2O3/c11-7-1-2-8(12)9(3-7)13-10(4-14,5-15)6-16/h1-3,13-16H,4-6,12H2. The van der Waals surface area contributed by atoms with Crippen molar-refractivity contribution < 1.29 is 15.3 Å². The second kappa shape index (κ2) is 5.49. The van der Waals surface area contributed by atoms with Crippen LogP contribution in [0.25, 0.3) is 0 Å². The van der Waals surface area contributed by atoms with Gasteiger partial charge in [-0.15, -0.1) is 0 Å². The van der Waals surface area contributed by atoms with Crippen molar-refractivity contribution in [2.24, 2.45) is 0 Å². The molecular weight excluding hydrogens is 276 g/mol. The molecule has 0 fully saturated rings. The van der Waals surface area contributed by atoms with Gasteiger partial charge in [0, 0.05) is 4.47 Å². The van der Waals surface area contributed by atoms with Crippen molar-refractivity contribution in [2.45, 2.75) is 5.54 Å². The van der Waals surface area contributed by atoms with Crippen LogP contribution in [0.5, 0.6) is 0 Å². The van der Waals surface area contributed by atoms with Crippen LogP contribution in [-0.4, -0.2) is 40.7 Å². The molecule has 0 aromatic heterocycles. The summed E-state index contributed by atoms with van der Waals surface area (Å²) in [5.41, 5.74) is 5.58. The average molecular weight is 291 g/mol. The number of aliphatic hydroxyl groups is 3. The Morgan fingerprint density at radius 2 is 1.75 bits per heavy atom. The first kappa shape index (κ1) is 13.2. The number of rotatable bonds is 5. The fourth-order valence-electron chi connectivity index (χ4n) is 1.19. The van der Waals surface area contributed by atoms with E-state index in [-0.39, 0.29) is 0 Å². The zero-order chi connectivity index (χ0) is 12.2. The predicted molar refractivity (Wildman–Crippen MR) is 66.2 cm³/mol. The number of aliphatic hydroxyl groups excluding tert-OH is 3. The molecule has 0 heterocycles. The number of hydrogen-bond acceptors (Lipinski definition) is 5. The Bertz CT molecular complexity index is 348. The van der Waals surface area contributed by atoms with Gasteiger partial charge in [0.1, 0.15) is 5.54 Å². The molecule has 0 aliphatic carbocycles. The van der Waals surface area contributed by atoms with Crippen LogP contribution in [0.2, 0.25) is 0 Å². The lowest BCUT2D eigenvalue weighted by atomic mass is 10.0. The second-order valence-corrected chi connectivity index (χ2v) is 4.53. The van der Waals surface area contributed by atoms with Crippen LogP contribution in [0.15, 0.2) is 22.7 Å². The van der Waals surface area contributed by atoms with E-state index in [4.69, 9.17) is 21.1 Å². The van der Waals surface area contributed by atoms with Crippen molar-refractivity contribution in [1.82, 2.24) is 0 Å². The Hall–Kier alpha value is -0.820. The maximum atomic E-state index is 9.16. The summed E-state index contributed by atoms with van der Waals surface area (Å²) in [4.78, 5) is 0. The van der Waals surface area contributed by atoms with E-state index in [1.165, 1.54) is 0 Å². The first-order valence-corrected chi connectivity index (χ1v) is 5.52. The number of nitrogens with one attached hydrogen (secondary N) is 1. The summed E-state index contributed by atoms with van der Waals surface area (Å²) < 4.78 is 0.812. The third-order valence-electron chi connectivity index (χ3n) is 2.32. The van der Waals surface area contributed by atoms with Gasteiger partial charge in [-0.1, -0.05) is 15.9 Å². The third-order valence-corrected chi connectivity index (χ3v) is 2.82. The van der Waals surface area contributed by atoms with Crippen LogP contribution in [0.1, 0.15) is 0 Å². The SMILES string of the molecule is Nc1ccc(Br)cc1NC(CO)(CO)CO. The van der Waals surface area contributed by atoms with E-state index >= 15 is 0 Å². The minimum atomic E-state index is -1.17. The summed E-state index contributed by atoms with van der Waals surface area (Å²) in [6.07, 6.45) is 0. The van der Waals surface area contributed by atoms with Crippen LogP contribution in [0.4, 0.5) is 11.4 Å². The van der Waals surface area contributed by atoms with Gasteiger partial charge in [-0.3, -0.25) is 0 Å². The van der Waals surface area contributed by atoms with Crippen molar-refractivity contribution in [3.63, 3.8) is 0 Å². The average Bonchev–Trinajstić information content (AvgIpc) is 2.31. The van der Waals surface area contributed by atoms with Gasteiger partial charge in [-0.25, -0.2) is 0 Å². The molecule has 0 atom stereocenters. The highest BCUT2D eigenvalue weighted by atomic mass is 79.9. The van der Waals surface area contributed by atoms with E-state index in [0.29, 0.717) is 11.4 Å². The number of hydrogen-bond donors (Lipinski definition) is 5. The van der Waals surface area contributed by atoms with Gasteiger partial charge in [-0.2, -0.15) is 0 Å². The number of nitrogens with two attached hydrogens (primary N) is 1. The summed E-state index contributed by atoms with van der Waals surface area (Å²) >= 11 is 3.29. The maximum Gasteiger partial charge on any atom is 0.107 e. The molecule has 0 spiro atoms. The van der Waals surface area contributed by atoms with Gasteiger partial charge in [0.25, 0.3) is 0 Å². The molecular formula is C10H15BrN2O3. The monoisotopic (exact) mass is 290 g/mol. The molecule has 0 aliphatic rings. The van der Waals surface area contributed by atoms with Crippen molar-refractivity contribution in [3.8, 4) is 0 Å². The van der Waals surface area contributed by atoms with Crippen LogP contribution in [-0.2, 0) is 0 Å². The Balaban J connectivity index is 2.97. The van der Waals surface area contributed by atoms with Crippen molar-refractivity contribution >= 4 is 27.3 Å². The Kier molecular flexibility index (Phi) is 4.55. The summed E-state index contributed by atoms with van der Waals surface area (Å²) in [7, 11) is 0. The molecule has 1 rings (SSSR count). The smallest absolute Gasteiger partial charge is 0.107 e. The van der Waals surface area contributed by atoms with E-state index in [1.54, 1.807) is 18.2 Å². The molecule has 0 aliphatic heterocycles. The molecule has 0 unspecified atom stereocenters. The lowest BCUT2D eigenvalue weighted by molar-refractivity contribution is 0.0834. The van der Waals surface area contributed by atoms with E-state index < -0.39 is 25.4 Å². The highest BCUT2D eigenvalue weighted by Gasteiger charge is 2.28. The number of halogens is 1. The Morgan fingerprint density at radius 3 is 2.25 bits per heavy atom. The van der Waals surface area contributed by atoms with Gasteiger partial charge >= 0.3 is 0 Å². The van der Waals surface area contributed by atoms with Crippen LogP contribution >= 0.6 is 15.9 Å². The molecule has 0 saturated carbocycles. The van der Waals surface area contributed by atoms with E-state index in [0.717, 1.165) is 4.47 Å². The Morgan fingerprint density at radius 1 is 1.19 bits per heavy atom. The molecule has 5 nitrogen and oxygen atoms in total. The van der Waals surface area contributed by atoms with E-state index in [2.05, 4.69) is 21.2 Å². The van der Waals surface area contributed by atoms with Crippen molar-refractivity contribution in [1.29, 1.82) is 0 Å². The molecule has 0 saturated heterocycles. The van der Waals surface area contributed by atoms with Gasteiger partial charge in [-0.05, 0) is 18.2 Å². The lowest BCUT2D eigenvalue weighted by Crippen LogP contribution is -2.49. The molecule has 1 aromatic carbocycles. The van der Waals surface area contributed by atoms with Gasteiger partial charge < -0.3 is 26.4 Å². The topological polar surface area (TPSA) is 98.7 Å². The first-order chi connectivity index (χ1) is 7.56. The van der Waals surface area contributed by atoms with Crippen molar-refractivity contribution in [3.05, 3.63) is 22.7 Å². The van der Waals surface area contributed by atoms with E-state index in [9.17, 15) is 0 Å². The summed E-state index contributed by atoms with van der Waals surface area (Å²) in [6, 6.07) is 5.17. The van der Waals surface area contributed by atoms with Crippen LogP contribution in [0, 0.1) is 0 Å². The second-order valence-electron chi connectivity index (χ2n) is 3.61. The normalized spacial score (nSPS) is 11.5. The third kappa shape index (κ3) is 2.85. The fraction of sp³-hybridized carbons (Fsp3) is 0.400. The quantitative estimate of drug-likeness (QED) is 0.498. The number of benzene rings is 1. The van der Waals surface area contributed by atoms with Gasteiger partial charge in [0.05, 0.1) is 31.2 Å². The zero-order valence-corrected chi connectivity index (χ0v) is 10.2. The van der Waals surface area contributed by atoms with E-state index in [1.807, 2.05) is 0 Å². The molecule has 0 bridgehead atoms. The minimum Gasteiger partial charge on any atom is -0.397 e. The first-order valence-electron chi connectivity index (χ1n) is 4.73. The molecule has 0 radical (unpaired) electrons. The largest absolute Gasteiger partial charge is 0.397 e. The highest BCUT2D eigenvalue weighted by Crippen LogP contribution is 2.26. The molecule has 16 heavy (non-hydrogen) atoms. The van der Waals surface area contributed by atoms with Crippen molar-refractivity contribution in [2.75, 3.05) is 30.9 Å². The van der Waals surface area contributed by atoms with Crippen LogP contribution in [0.3, 0.4) is 0 Å². The molecule has 1 aromatic rings. The molecule has 6 N–H and O–H groups in total. The number of anilines is 2.